The SMILES string of the molecule is CCC1CC2(CC=CCO2)CN1. The Balaban J connectivity index is 1.99. The summed E-state index contributed by atoms with van der Waals surface area (Å²) in [7, 11) is 0. The molecule has 12 heavy (non-hydrogen) atoms. The van der Waals surface area contributed by atoms with Gasteiger partial charge in [0.1, 0.15) is 0 Å². The van der Waals surface area contributed by atoms with Crippen LogP contribution in [0.15, 0.2) is 12.2 Å². The molecule has 68 valence electrons. The van der Waals surface area contributed by atoms with Crippen LogP contribution in [0.25, 0.3) is 0 Å². The monoisotopic (exact) mass is 167 g/mol. The lowest BCUT2D eigenvalue weighted by Crippen LogP contribution is -2.36. The molecular weight excluding hydrogens is 150 g/mol. The van der Waals surface area contributed by atoms with Crippen LogP contribution < -0.4 is 5.32 Å². The van der Waals surface area contributed by atoms with Gasteiger partial charge in [-0.15, -0.1) is 0 Å². The van der Waals surface area contributed by atoms with Crippen molar-refractivity contribution in [1.29, 1.82) is 0 Å². The molecule has 2 nitrogen and oxygen atoms in total. The van der Waals surface area contributed by atoms with Gasteiger partial charge in [0.15, 0.2) is 0 Å². The highest BCUT2D eigenvalue weighted by molar-refractivity contribution is 5.04. The van der Waals surface area contributed by atoms with Gasteiger partial charge in [-0.1, -0.05) is 19.1 Å². The smallest absolute Gasteiger partial charge is 0.0859 e. The number of nitrogens with one attached hydrogen (secondary N) is 1. The molecule has 2 aliphatic heterocycles. The zero-order valence-electron chi connectivity index (χ0n) is 7.68. The largest absolute Gasteiger partial charge is 0.369 e. The standard InChI is InChI=1S/C10H17NO/c1-2-9-7-10(8-11-9)5-3-4-6-12-10/h3-4,9,11H,2,5-8H2,1H3. The molecule has 0 radical (unpaired) electrons. The van der Waals surface area contributed by atoms with Crippen LogP contribution in [-0.2, 0) is 4.74 Å². The third kappa shape index (κ3) is 1.41. The van der Waals surface area contributed by atoms with E-state index in [0.29, 0.717) is 6.04 Å². The van der Waals surface area contributed by atoms with E-state index < -0.39 is 0 Å². The third-order valence-corrected chi connectivity index (χ3v) is 2.97. The maximum atomic E-state index is 5.81. The Morgan fingerprint density at radius 2 is 2.50 bits per heavy atom. The van der Waals surface area contributed by atoms with Crippen molar-refractivity contribution < 1.29 is 4.74 Å². The van der Waals surface area contributed by atoms with Crippen molar-refractivity contribution in [2.75, 3.05) is 13.2 Å². The van der Waals surface area contributed by atoms with Crippen LogP contribution >= 0.6 is 0 Å². The molecule has 0 saturated carbocycles. The molecule has 0 bridgehead atoms. The molecule has 1 N–H and O–H groups in total. The van der Waals surface area contributed by atoms with Crippen LogP contribution in [0.5, 0.6) is 0 Å². The fraction of sp³-hybridized carbons (Fsp3) is 0.800. The van der Waals surface area contributed by atoms with Crippen LogP contribution in [0, 0.1) is 0 Å². The Labute approximate surface area is 74.0 Å². The topological polar surface area (TPSA) is 21.3 Å². The van der Waals surface area contributed by atoms with Gasteiger partial charge < -0.3 is 10.1 Å². The van der Waals surface area contributed by atoms with Gasteiger partial charge in [-0.2, -0.15) is 0 Å². The highest BCUT2D eigenvalue weighted by Crippen LogP contribution is 2.30. The molecule has 2 aliphatic rings. The van der Waals surface area contributed by atoms with E-state index in [1.165, 1.54) is 12.8 Å². The van der Waals surface area contributed by atoms with Gasteiger partial charge in [-0.3, -0.25) is 0 Å². The van der Waals surface area contributed by atoms with E-state index >= 15 is 0 Å². The van der Waals surface area contributed by atoms with Gasteiger partial charge in [0, 0.05) is 12.6 Å². The van der Waals surface area contributed by atoms with E-state index in [9.17, 15) is 0 Å². The first-order valence-corrected chi connectivity index (χ1v) is 4.87. The van der Waals surface area contributed by atoms with E-state index in [4.69, 9.17) is 4.74 Å². The summed E-state index contributed by atoms with van der Waals surface area (Å²) in [6.07, 6.45) is 7.87. The minimum atomic E-state index is 0.148. The van der Waals surface area contributed by atoms with Crippen LogP contribution in [0.3, 0.4) is 0 Å². The summed E-state index contributed by atoms with van der Waals surface area (Å²) in [5, 5.41) is 3.51. The van der Waals surface area contributed by atoms with Crippen molar-refractivity contribution in [3.05, 3.63) is 12.2 Å². The average Bonchev–Trinajstić information content (AvgIpc) is 2.50. The first kappa shape index (κ1) is 8.27. The molecule has 0 aromatic carbocycles. The van der Waals surface area contributed by atoms with Crippen LogP contribution in [0.4, 0.5) is 0 Å². The molecule has 2 atom stereocenters. The predicted octanol–water partition coefficient (Wildman–Crippen LogP) is 1.47. The molecule has 0 aromatic rings. The Bertz CT molecular complexity index is 190. The second-order valence-corrected chi connectivity index (χ2v) is 3.86. The second-order valence-electron chi connectivity index (χ2n) is 3.86. The molecular formula is C10H17NO. The summed E-state index contributed by atoms with van der Waals surface area (Å²) in [6, 6.07) is 0.677. The van der Waals surface area contributed by atoms with Gasteiger partial charge in [0.05, 0.1) is 12.2 Å². The van der Waals surface area contributed by atoms with E-state index in [1.54, 1.807) is 0 Å². The molecule has 2 unspecified atom stereocenters. The quantitative estimate of drug-likeness (QED) is 0.597. The number of ether oxygens (including phenoxy) is 1. The lowest BCUT2D eigenvalue weighted by Gasteiger charge is -2.29. The number of hydrogen-bond acceptors (Lipinski definition) is 2. The molecule has 0 aliphatic carbocycles. The van der Waals surface area contributed by atoms with Gasteiger partial charge >= 0.3 is 0 Å². The third-order valence-electron chi connectivity index (χ3n) is 2.97. The molecule has 2 rings (SSSR count). The summed E-state index contributed by atoms with van der Waals surface area (Å²) < 4.78 is 5.81. The van der Waals surface area contributed by atoms with Crippen molar-refractivity contribution in [1.82, 2.24) is 5.32 Å². The van der Waals surface area contributed by atoms with E-state index in [1.807, 2.05) is 0 Å². The Morgan fingerprint density at radius 3 is 3.08 bits per heavy atom. The Kier molecular flexibility index (Phi) is 2.20. The average molecular weight is 167 g/mol. The predicted molar refractivity (Wildman–Crippen MR) is 49.1 cm³/mol. The maximum absolute atomic E-state index is 5.81. The van der Waals surface area contributed by atoms with Gasteiger partial charge in [0.2, 0.25) is 0 Å². The zero-order valence-corrected chi connectivity index (χ0v) is 7.68. The van der Waals surface area contributed by atoms with Gasteiger partial charge in [-0.05, 0) is 19.3 Å². The first-order chi connectivity index (χ1) is 5.85. The Morgan fingerprint density at radius 1 is 1.58 bits per heavy atom. The van der Waals surface area contributed by atoms with Crippen LogP contribution in [0.2, 0.25) is 0 Å². The second kappa shape index (κ2) is 3.19. The highest BCUT2D eigenvalue weighted by Gasteiger charge is 2.38. The molecule has 1 spiro atoms. The summed E-state index contributed by atoms with van der Waals surface area (Å²) in [4.78, 5) is 0. The minimum absolute atomic E-state index is 0.148. The number of rotatable bonds is 1. The van der Waals surface area contributed by atoms with Gasteiger partial charge in [0.25, 0.3) is 0 Å². The fourth-order valence-electron chi connectivity index (χ4n) is 2.13. The van der Waals surface area contributed by atoms with Crippen molar-refractivity contribution in [3.8, 4) is 0 Å². The van der Waals surface area contributed by atoms with Crippen LogP contribution in [-0.4, -0.2) is 24.8 Å². The maximum Gasteiger partial charge on any atom is 0.0859 e. The zero-order chi connectivity index (χ0) is 8.44. The summed E-state index contributed by atoms with van der Waals surface area (Å²) in [5.74, 6) is 0. The van der Waals surface area contributed by atoms with Crippen molar-refractivity contribution >= 4 is 0 Å². The molecule has 0 aromatic heterocycles. The van der Waals surface area contributed by atoms with Gasteiger partial charge in [-0.25, -0.2) is 0 Å². The summed E-state index contributed by atoms with van der Waals surface area (Å²) in [6.45, 7) is 4.07. The summed E-state index contributed by atoms with van der Waals surface area (Å²) >= 11 is 0. The van der Waals surface area contributed by atoms with Crippen molar-refractivity contribution in [2.24, 2.45) is 0 Å². The highest BCUT2D eigenvalue weighted by atomic mass is 16.5. The molecule has 2 heteroatoms. The molecule has 2 heterocycles. The lowest BCUT2D eigenvalue weighted by atomic mass is 9.93. The molecule has 1 fully saturated rings. The fourth-order valence-corrected chi connectivity index (χ4v) is 2.13. The summed E-state index contributed by atoms with van der Waals surface area (Å²) in [5.41, 5.74) is 0.148. The van der Waals surface area contributed by atoms with Crippen LogP contribution in [0.1, 0.15) is 26.2 Å². The first-order valence-electron chi connectivity index (χ1n) is 4.87. The molecule has 0 amide bonds. The van der Waals surface area contributed by atoms with E-state index in [2.05, 4.69) is 24.4 Å². The van der Waals surface area contributed by atoms with Crippen molar-refractivity contribution in [3.63, 3.8) is 0 Å². The van der Waals surface area contributed by atoms with E-state index in [0.717, 1.165) is 19.6 Å². The number of hydrogen-bond donors (Lipinski definition) is 1. The Hall–Kier alpha value is -0.340. The lowest BCUT2D eigenvalue weighted by molar-refractivity contribution is -0.0219. The minimum Gasteiger partial charge on any atom is -0.369 e. The normalized spacial score (nSPS) is 40.9. The van der Waals surface area contributed by atoms with Crippen molar-refractivity contribution in [2.45, 2.75) is 37.8 Å². The van der Waals surface area contributed by atoms with E-state index in [-0.39, 0.29) is 5.60 Å². The molecule has 1 saturated heterocycles.